The number of piperazine rings is 1. The molecule has 4 aromatic rings. The summed E-state index contributed by atoms with van der Waals surface area (Å²) in [6.45, 7) is 7.02. The molecule has 1 fully saturated rings. The van der Waals surface area contributed by atoms with Crippen molar-refractivity contribution < 1.29 is 9.53 Å². The zero-order valence-corrected chi connectivity index (χ0v) is 19.9. The Morgan fingerprint density at radius 2 is 1.77 bits per heavy atom. The van der Waals surface area contributed by atoms with Crippen LogP contribution in [0.4, 0.5) is 17.5 Å². The van der Waals surface area contributed by atoms with Gasteiger partial charge < -0.3 is 19.9 Å². The molecule has 0 bridgehead atoms. The normalized spacial score (nSPS) is 13.7. The van der Waals surface area contributed by atoms with Gasteiger partial charge in [-0.05, 0) is 48.4 Å². The molecule has 8 nitrogen and oxygen atoms in total. The van der Waals surface area contributed by atoms with Gasteiger partial charge in [-0.1, -0.05) is 30.3 Å². The number of nitrogens with zero attached hydrogens (tertiary/aromatic N) is 5. The second-order valence-electron chi connectivity index (χ2n) is 8.48. The first kappa shape index (κ1) is 22.6. The van der Waals surface area contributed by atoms with Crippen molar-refractivity contribution in [3.8, 4) is 5.75 Å². The number of benzene rings is 2. The van der Waals surface area contributed by atoms with Crippen LogP contribution in [-0.4, -0.2) is 58.5 Å². The highest BCUT2D eigenvalue weighted by atomic mass is 16.5. The van der Waals surface area contributed by atoms with Crippen LogP contribution in [0.2, 0.25) is 0 Å². The second-order valence-corrected chi connectivity index (χ2v) is 8.48. The lowest BCUT2D eigenvalue weighted by atomic mass is 10.0. The molecule has 35 heavy (non-hydrogen) atoms. The van der Waals surface area contributed by atoms with E-state index in [4.69, 9.17) is 4.74 Å². The van der Waals surface area contributed by atoms with Crippen LogP contribution < -0.4 is 15.0 Å². The van der Waals surface area contributed by atoms with E-state index in [9.17, 15) is 4.79 Å². The molecule has 0 aliphatic carbocycles. The molecule has 3 heterocycles. The van der Waals surface area contributed by atoms with Crippen LogP contribution in [-0.2, 0) is 0 Å². The Balaban J connectivity index is 1.31. The highest BCUT2D eigenvalue weighted by Gasteiger charge is 2.26. The Morgan fingerprint density at radius 1 is 0.971 bits per heavy atom. The average Bonchev–Trinajstić information content (AvgIpc) is 2.89. The molecule has 0 spiro atoms. The number of carbonyl (C=O) groups excluding carboxylic acids is 1. The Hall–Kier alpha value is -4.20. The number of hydrogen-bond donors (Lipinski definition) is 1. The summed E-state index contributed by atoms with van der Waals surface area (Å²) in [4.78, 5) is 30.8. The molecule has 0 atom stereocenters. The van der Waals surface area contributed by atoms with Crippen LogP contribution in [0.15, 0.2) is 67.1 Å². The number of rotatable bonds is 6. The highest BCUT2D eigenvalue weighted by Crippen LogP contribution is 2.30. The number of aromatic nitrogens is 3. The molecule has 5 rings (SSSR count). The van der Waals surface area contributed by atoms with E-state index in [1.807, 2.05) is 73.3 Å². The topological polar surface area (TPSA) is 83.5 Å². The zero-order chi connectivity index (χ0) is 24.2. The van der Waals surface area contributed by atoms with Crippen LogP contribution in [0.25, 0.3) is 10.8 Å². The number of carbonyl (C=O) groups is 1. The minimum atomic E-state index is 0.000431. The smallest absolute Gasteiger partial charge is 0.258 e. The van der Waals surface area contributed by atoms with Crippen molar-refractivity contribution in [3.63, 3.8) is 0 Å². The summed E-state index contributed by atoms with van der Waals surface area (Å²) < 4.78 is 5.83. The lowest BCUT2D eigenvalue weighted by molar-refractivity contribution is 0.0744. The van der Waals surface area contributed by atoms with Crippen LogP contribution in [0, 0.1) is 6.92 Å². The van der Waals surface area contributed by atoms with Crippen LogP contribution in [0.5, 0.6) is 5.75 Å². The van der Waals surface area contributed by atoms with Crippen LogP contribution in [0.1, 0.15) is 22.8 Å². The SMILES string of the molecule is CCOc1ccc2ccccc2c1C(=O)N1CCN(c2cc(Nc3cc(C)ccn3)ncn2)CC1. The van der Waals surface area contributed by atoms with Crippen molar-refractivity contribution in [2.45, 2.75) is 13.8 Å². The maximum absolute atomic E-state index is 13.6. The third-order valence-corrected chi connectivity index (χ3v) is 6.12. The van der Waals surface area contributed by atoms with Crippen molar-refractivity contribution in [1.29, 1.82) is 0 Å². The summed E-state index contributed by atoms with van der Waals surface area (Å²) in [5.74, 6) is 2.88. The molecule has 8 heteroatoms. The summed E-state index contributed by atoms with van der Waals surface area (Å²) in [7, 11) is 0. The summed E-state index contributed by atoms with van der Waals surface area (Å²) in [6.07, 6.45) is 3.32. The predicted molar refractivity (Wildman–Crippen MR) is 138 cm³/mol. The van der Waals surface area contributed by atoms with E-state index >= 15 is 0 Å². The molecule has 1 aliphatic heterocycles. The lowest BCUT2D eigenvalue weighted by Gasteiger charge is -2.35. The van der Waals surface area contributed by atoms with E-state index in [0.29, 0.717) is 49.9 Å². The van der Waals surface area contributed by atoms with Gasteiger partial charge in [0.15, 0.2) is 0 Å². The molecule has 2 aromatic heterocycles. The van der Waals surface area contributed by atoms with E-state index in [0.717, 1.165) is 28.0 Å². The van der Waals surface area contributed by atoms with Gasteiger partial charge in [-0.3, -0.25) is 4.79 Å². The number of aryl methyl sites for hydroxylation is 1. The molecule has 1 saturated heterocycles. The van der Waals surface area contributed by atoms with Gasteiger partial charge in [0, 0.05) is 38.4 Å². The maximum Gasteiger partial charge on any atom is 0.258 e. The van der Waals surface area contributed by atoms with Gasteiger partial charge in [-0.25, -0.2) is 15.0 Å². The molecular weight excluding hydrogens is 440 g/mol. The number of nitrogens with one attached hydrogen (secondary N) is 1. The number of hydrogen-bond acceptors (Lipinski definition) is 7. The average molecular weight is 469 g/mol. The first-order valence-corrected chi connectivity index (χ1v) is 11.8. The fourth-order valence-corrected chi connectivity index (χ4v) is 4.37. The van der Waals surface area contributed by atoms with Crippen molar-refractivity contribution in [2.24, 2.45) is 0 Å². The minimum Gasteiger partial charge on any atom is -0.493 e. The standard InChI is InChI=1S/C27H28N6O2/c1-3-35-22-9-8-20-6-4-5-7-21(20)26(22)27(34)33-14-12-32(13-15-33)25-17-24(29-18-30-25)31-23-16-19(2)10-11-28-23/h4-11,16-18H,3,12-15H2,1-2H3,(H,28,29,30,31). The van der Waals surface area contributed by atoms with E-state index in [1.54, 1.807) is 12.5 Å². The molecular formula is C27H28N6O2. The van der Waals surface area contributed by atoms with E-state index in [-0.39, 0.29) is 5.91 Å². The molecule has 0 radical (unpaired) electrons. The molecule has 1 amide bonds. The van der Waals surface area contributed by atoms with Gasteiger partial charge in [-0.2, -0.15) is 0 Å². The number of anilines is 3. The summed E-state index contributed by atoms with van der Waals surface area (Å²) in [5.41, 5.74) is 1.76. The van der Waals surface area contributed by atoms with E-state index in [1.165, 1.54) is 0 Å². The Kier molecular flexibility index (Phi) is 6.43. The molecule has 0 saturated carbocycles. The fraction of sp³-hybridized carbons (Fsp3) is 0.259. The first-order valence-electron chi connectivity index (χ1n) is 11.8. The minimum absolute atomic E-state index is 0.000431. The molecule has 0 unspecified atom stereocenters. The Labute approximate surface area is 204 Å². The first-order chi connectivity index (χ1) is 17.1. The van der Waals surface area contributed by atoms with E-state index in [2.05, 4.69) is 25.2 Å². The van der Waals surface area contributed by atoms with Gasteiger partial charge in [0.25, 0.3) is 5.91 Å². The predicted octanol–water partition coefficient (Wildman–Crippen LogP) is 4.44. The summed E-state index contributed by atoms with van der Waals surface area (Å²) >= 11 is 0. The van der Waals surface area contributed by atoms with Crippen LogP contribution in [0.3, 0.4) is 0 Å². The highest BCUT2D eigenvalue weighted by molar-refractivity contribution is 6.09. The van der Waals surface area contributed by atoms with Gasteiger partial charge in [-0.15, -0.1) is 0 Å². The Morgan fingerprint density at radius 3 is 2.57 bits per heavy atom. The van der Waals surface area contributed by atoms with Crippen LogP contribution >= 0.6 is 0 Å². The monoisotopic (exact) mass is 468 g/mol. The van der Waals surface area contributed by atoms with Crippen molar-refractivity contribution in [2.75, 3.05) is 43.0 Å². The molecule has 1 aliphatic rings. The largest absolute Gasteiger partial charge is 0.493 e. The van der Waals surface area contributed by atoms with Gasteiger partial charge >= 0.3 is 0 Å². The summed E-state index contributed by atoms with van der Waals surface area (Å²) in [6, 6.07) is 17.7. The quantitative estimate of drug-likeness (QED) is 0.448. The molecule has 2 aromatic carbocycles. The maximum atomic E-state index is 13.6. The van der Waals surface area contributed by atoms with Crippen molar-refractivity contribution in [3.05, 3.63) is 78.2 Å². The van der Waals surface area contributed by atoms with Crippen molar-refractivity contribution >= 4 is 34.1 Å². The second kappa shape index (κ2) is 9.97. The van der Waals surface area contributed by atoms with Crippen molar-refractivity contribution in [1.82, 2.24) is 19.9 Å². The molecule has 1 N–H and O–H groups in total. The van der Waals surface area contributed by atoms with Gasteiger partial charge in [0.1, 0.15) is 29.5 Å². The number of fused-ring (bicyclic) bond motifs is 1. The molecule has 178 valence electrons. The Bertz CT molecular complexity index is 1350. The third kappa shape index (κ3) is 4.87. The third-order valence-electron chi connectivity index (χ3n) is 6.12. The number of amides is 1. The number of pyridine rings is 1. The van der Waals surface area contributed by atoms with Gasteiger partial charge in [0.05, 0.1) is 12.2 Å². The number of ether oxygens (including phenoxy) is 1. The van der Waals surface area contributed by atoms with Gasteiger partial charge in [0.2, 0.25) is 0 Å². The van der Waals surface area contributed by atoms with E-state index < -0.39 is 0 Å². The zero-order valence-electron chi connectivity index (χ0n) is 19.9. The summed E-state index contributed by atoms with van der Waals surface area (Å²) in [5, 5.41) is 5.19. The lowest BCUT2D eigenvalue weighted by Crippen LogP contribution is -2.49. The fourth-order valence-electron chi connectivity index (χ4n) is 4.37.